The van der Waals surface area contributed by atoms with Gasteiger partial charge in [-0.2, -0.15) is 0 Å². The number of hydrogen-bond acceptors (Lipinski definition) is 5. The van der Waals surface area contributed by atoms with Gasteiger partial charge in [0.25, 0.3) is 0 Å². The number of benzene rings is 1. The normalized spacial score (nSPS) is 30.4. The van der Waals surface area contributed by atoms with Gasteiger partial charge < -0.3 is 24.8 Å². The van der Waals surface area contributed by atoms with Crippen LogP contribution in [0.4, 0.5) is 0 Å². The van der Waals surface area contributed by atoms with E-state index < -0.39 is 24.6 Å². The van der Waals surface area contributed by atoms with Gasteiger partial charge in [0.05, 0.1) is 12.7 Å². The van der Waals surface area contributed by atoms with Crippen molar-refractivity contribution in [2.45, 2.75) is 31.5 Å². The van der Waals surface area contributed by atoms with Crippen molar-refractivity contribution in [2.24, 2.45) is 0 Å². The lowest BCUT2D eigenvalue weighted by Gasteiger charge is -2.36. The summed E-state index contributed by atoms with van der Waals surface area (Å²) in [5.74, 6) is 0. The van der Waals surface area contributed by atoms with Gasteiger partial charge in [-0.05, 0) is 6.92 Å². The van der Waals surface area contributed by atoms with Crippen molar-refractivity contribution in [1.29, 1.82) is 0 Å². The molecule has 1 saturated heterocycles. The van der Waals surface area contributed by atoms with Crippen LogP contribution in [0.2, 0.25) is 0 Å². The Hall–Kier alpha value is -0.980. The number of aliphatic hydroxyl groups is 3. The molecule has 1 radical (unpaired) electrons. The van der Waals surface area contributed by atoms with Crippen molar-refractivity contribution in [3.05, 3.63) is 42.0 Å². The third-order valence-corrected chi connectivity index (χ3v) is 2.83. The van der Waals surface area contributed by atoms with Gasteiger partial charge in [-0.15, -0.1) is 0 Å². The summed E-state index contributed by atoms with van der Waals surface area (Å²) in [5, 5.41) is 28.8. The molecule has 0 spiro atoms. The van der Waals surface area contributed by atoms with Crippen LogP contribution in [0.25, 0.3) is 0 Å². The fraction of sp³-hybridized carbons (Fsp3) is 0.462. The summed E-state index contributed by atoms with van der Waals surface area (Å²) < 4.78 is 10.8. The lowest BCUT2D eigenvalue weighted by Crippen LogP contribution is -2.46. The Morgan fingerprint density at radius 3 is 2.61 bits per heavy atom. The third kappa shape index (κ3) is 2.88. The highest BCUT2D eigenvalue weighted by Crippen LogP contribution is 2.30. The smallest absolute Gasteiger partial charge is 0.184 e. The molecule has 0 unspecified atom stereocenters. The zero-order valence-corrected chi connectivity index (χ0v) is 10.1. The van der Waals surface area contributed by atoms with E-state index >= 15 is 0 Å². The molecule has 4 atom stereocenters. The predicted octanol–water partition coefficient (Wildman–Crippen LogP) is 0.747. The van der Waals surface area contributed by atoms with Crippen molar-refractivity contribution in [1.82, 2.24) is 0 Å². The molecule has 1 fully saturated rings. The van der Waals surface area contributed by atoms with Crippen molar-refractivity contribution in [3.8, 4) is 0 Å². The molecular weight excluding hydrogens is 236 g/mol. The van der Waals surface area contributed by atoms with E-state index in [1.54, 1.807) is 0 Å². The molecule has 0 saturated carbocycles. The van der Waals surface area contributed by atoms with E-state index in [0.29, 0.717) is 0 Å². The summed E-state index contributed by atoms with van der Waals surface area (Å²) in [6.45, 7) is 1.46. The summed E-state index contributed by atoms with van der Waals surface area (Å²) >= 11 is 0. The molecule has 0 aliphatic carbocycles. The van der Waals surface area contributed by atoms with Crippen LogP contribution >= 0.6 is 0 Å². The Bertz CT molecular complexity index is 367. The maximum Gasteiger partial charge on any atom is 0.184 e. The quantitative estimate of drug-likeness (QED) is 0.740. The molecule has 1 aromatic carbocycles. The van der Waals surface area contributed by atoms with Gasteiger partial charge in [0.15, 0.2) is 12.4 Å². The van der Waals surface area contributed by atoms with Gasteiger partial charge in [-0.1, -0.05) is 30.3 Å². The zero-order valence-electron chi connectivity index (χ0n) is 10.1. The second kappa shape index (κ2) is 5.77. The minimum absolute atomic E-state index is 0.0427. The number of hydrogen-bond donors (Lipinski definition) is 3. The molecule has 5 heteroatoms. The molecule has 1 aliphatic rings. The molecule has 2 rings (SSSR count). The highest BCUT2D eigenvalue weighted by molar-refractivity contribution is 5.16. The summed E-state index contributed by atoms with van der Waals surface area (Å²) in [6, 6.07) is 9.23. The second-order valence-corrected chi connectivity index (χ2v) is 4.30. The summed E-state index contributed by atoms with van der Waals surface area (Å²) in [4.78, 5) is 0. The summed E-state index contributed by atoms with van der Waals surface area (Å²) in [5.41, 5.74) is 0.799. The molecule has 99 valence electrons. The monoisotopic (exact) mass is 253 g/mol. The SMILES string of the molecule is C[C@H](O)[C](O)[C@H]1O[C@H](c2ccccc2)OC[C@H]1O. The van der Waals surface area contributed by atoms with Gasteiger partial charge in [0.1, 0.15) is 12.2 Å². The van der Waals surface area contributed by atoms with E-state index in [4.69, 9.17) is 9.47 Å². The first-order valence-corrected chi connectivity index (χ1v) is 5.83. The van der Waals surface area contributed by atoms with Gasteiger partial charge >= 0.3 is 0 Å². The van der Waals surface area contributed by atoms with Crippen LogP contribution in [-0.4, -0.2) is 40.2 Å². The van der Waals surface area contributed by atoms with Crippen molar-refractivity contribution >= 4 is 0 Å². The molecule has 0 amide bonds. The van der Waals surface area contributed by atoms with Crippen molar-refractivity contribution < 1.29 is 24.8 Å². The molecule has 0 bridgehead atoms. The summed E-state index contributed by atoms with van der Waals surface area (Å²) in [7, 11) is 0. The average molecular weight is 253 g/mol. The Labute approximate surface area is 106 Å². The number of ether oxygens (including phenoxy) is 2. The van der Waals surface area contributed by atoms with E-state index in [1.807, 2.05) is 30.3 Å². The Balaban J connectivity index is 2.09. The van der Waals surface area contributed by atoms with Crippen molar-refractivity contribution in [3.63, 3.8) is 0 Å². The zero-order chi connectivity index (χ0) is 13.1. The fourth-order valence-electron chi connectivity index (χ4n) is 1.83. The Kier molecular flexibility index (Phi) is 4.31. The molecule has 18 heavy (non-hydrogen) atoms. The standard InChI is InChI=1S/C13H17O5/c1-8(14)11(16)12-10(15)7-17-13(18-12)9-5-3-2-4-6-9/h2-6,8,10,12-16H,7H2,1H3/t8-,10+,12-,13+/m0/s1. The molecule has 1 aliphatic heterocycles. The first kappa shape index (κ1) is 13.5. The minimum atomic E-state index is -1.06. The van der Waals surface area contributed by atoms with Crippen LogP contribution in [0.3, 0.4) is 0 Å². The largest absolute Gasteiger partial charge is 0.390 e. The second-order valence-electron chi connectivity index (χ2n) is 4.30. The van der Waals surface area contributed by atoms with E-state index in [-0.39, 0.29) is 12.7 Å². The van der Waals surface area contributed by atoms with E-state index in [9.17, 15) is 15.3 Å². The van der Waals surface area contributed by atoms with Crippen LogP contribution in [0.5, 0.6) is 0 Å². The molecule has 1 heterocycles. The molecule has 3 N–H and O–H groups in total. The molecular formula is C13H17O5. The third-order valence-electron chi connectivity index (χ3n) is 2.83. The predicted molar refractivity (Wildman–Crippen MR) is 62.9 cm³/mol. The maximum atomic E-state index is 9.71. The van der Waals surface area contributed by atoms with E-state index in [2.05, 4.69) is 0 Å². The topological polar surface area (TPSA) is 79.2 Å². The van der Waals surface area contributed by atoms with Gasteiger partial charge in [-0.3, -0.25) is 0 Å². The Morgan fingerprint density at radius 2 is 2.00 bits per heavy atom. The minimum Gasteiger partial charge on any atom is -0.390 e. The maximum absolute atomic E-state index is 9.71. The van der Waals surface area contributed by atoms with Crippen LogP contribution in [-0.2, 0) is 9.47 Å². The Morgan fingerprint density at radius 1 is 1.33 bits per heavy atom. The number of rotatable bonds is 3. The highest BCUT2D eigenvalue weighted by Gasteiger charge is 2.38. The van der Waals surface area contributed by atoms with E-state index in [0.717, 1.165) is 5.56 Å². The lowest BCUT2D eigenvalue weighted by molar-refractivity contribution is -0.265. The lowest BCUT2D eigenvalue weighted by atomic mass is 10.0. The molecule has 5 nitrogen and oxygen atoms in total. The van der Waals surface area contributed by atoms with Crippen LogP contribution in [0, 0.1) is 6.10 Å². The average Bonchev–Trinajstić information content (AvgIpc) is 2.39. The first-order chi connectivity index (χ1) is 8.59. The van der Waals surface area contributed by atoms with Crippen LogP contribution < -0.4 is 0 Å². The van der Waals surface area contributed by atoms with Crippen LogP contribution in [0.15, 0.2) is 30.3 Å². The van der Waals surface area contributed by atoms with Crippen LogP contribution in [0.1, 0.15) is 18.8 Å². The molecule has 1 aromatic rings. The van der Waals surface area contributed by atoms with Crippen molar-refractivity contribution in [2.75, 3.05) is 6.61 Å². The first-order valence-electron chi connectivity index (χ1n) is 5.83. The van der Waals surface area contributed by atoms with Gasteiger partial charge in [0.2, 0.25) is 0 Å². The highest BCUT2D eigenvalue weighted by atomic mass is 16.7. The van der Waals surface area contributed by atoms with Gasteiger partial charge in [0, 0.05) is 5.56 Å². The molecule has 0 aromatic heterocycles. The fourth-order valence-corrected chi connectivity index (χ4v) is 1.83. The van der Waals surface area contributed by atoms with E-state index in [1.165, 1.54) is 6.92 Å². The van der Waals surface area contributed by atoms with Gasteiger partial charge in [-0.25, -0.2) is 0 Å². The number of aliphatic hydroxyl groups excluding tert-OH is 3. The summed E-state index contributed by atoms with van der Waals surface area (Å²) in [6.07, 6.45) is -3.92.